The Balaban J connectivity index is 1.45. The number of fused-ring (bicyclic) bond motifs is 6. The first-order chi connectivity index (χ1) is 18.3. The maximum Gasteiger partial charge on any atom is 0.136 e. The first-order valence-corrected chi connectivity index (χ1v) is 12.7. The fourth-order valence-electron chi connectivity index (χ4n) is 5.97. The smallest absolute Gasteiger partial charge is 0.136 e. The molecule has 0 unspecified atom stereocenters. The highest BCUT2D eigenvalue weighted by molar-refractivity contribution is 6.22. The summed E-state index contributed by atoms with van der Waals surface area (Å²) in [5.41, 5.74) is 6.79. The van der Waals surface area contributed by atoms with Crippen molar-refractivity contribution in [2.45, 2.75) is 0 Å². The van der Waals surface area contributed by atoms with Gasteiger partial charge in [-0.25, -0.2) is 0 Å². The third-order valence-electron chi connectivity index (χ3n) is 7.62. The predicted molar refractivity (Wildman–Crippen MR) is 157 cm³/mol. The molecular formula is C36H22O. The molecule has 0 fully saturated rings. The lowest BCUT2D eigenvalue weighted by molar-refractivity contribution is 0.669. The van der Waals surface area contributed by atoms with Gasteiger partial charge in [-0.1, -0.05) is 109 Å². The van der Waals surface area contributed by atoms with Crippen molar-refractivity contribution in [2.75, 3.05) is 0 Å². The Morgan fingerprint density at radius 2 is 0.838 bits per heavy atom. The molecule has 0 aliphatic rings. The molecule has 0 aliphatic heterocycles. The number of benzene rings is 7. The van der Waals surface area contributed by atoms with E-state index >= 15 is 0 Å². The number of hydrogen-bond acceptors (Lipinski definition) is 1. The number of hydrogen-bond donors (Lipinski definition) is 0. The number of rotatable bonds is 2. The molecule has 0 saturated carbocycles. The van der Waals surface area contributed by atoms with Crippen LogP contribution in [0.2, 0.25) is 0 Å². The van der Waals surface area contributed by atoms with Gasteiger partial charge >= 0.3 is 0 Å². The summed E-state index contributed by atoms with van der Waals surface area (Å²) in [5.74, 6) is 0. The van der Waals surface area contributed by atoms with Crippen LogP contribution in [-0.2, 0) is 0 Å². The van der Waals surface area contributed by atoms with E-state index < -0.39 is 0 Å². The van der Waals surface area contributed by atoms with E-state index in [2.05, 4.69) is 133 Å². The van der Waals surface area contributed by atoms with Crippen LogP contribution in [0.1, 0.15) is 0 Å². The van der Waals surface area contributed by atoms with Crippen LogP contribution in [0.25, 0.3) is 76.5 Å². The summed E-state index contributed by atoms with van der Waals surface area (Å²) in [7, 11) is 0. The summed E-state index contributed by atoms with van der Waals surface area (Å²) < 4.78 is 6.44. The van der Waals surface area contributed by atoms with Gasteiger partial charge in [0.05, 0.1) is 0 Å². The molecule has 7 aromatic carbocycles. The molecule has 8 rings (SSSR count). The van der Waals surface area contributed by atoms with E-state index in [0.29, 0.717) is 0 Å². The Morgan fingerprint density at radius 1 is 0.324 bits per heavy atom. The molecule has 1 heteroatoms. The van der Waals surface area contributed by atoms with Crippen LogP contribution in [0.4, 0.5) is 0 Å². The molecular weight excluding hydrogens is 448 g/mol. The van der Waals surface area contributed by atoms with Crippen molar-refractivity contribution in [1.82, 2.24) is 0 Å². The summed E-state index contributed by atoms with van der Waals surface area (Å²) in [6.07, 6.45) is 0. The van der Waals surface area contributed by atoms with Crippen molar-refractivity contribution >= 4 is 54.3 Å². The first kappa shape index (κ1) is 20.3. The highest BCUT2D eigenvalue weighted by Gasteiger charge is 2.17. The van der Waals surface area contributed by atoms with Gasteiger partial charge in [0.2, 0.25) is 0 Å². The van der Waals surface area contributed by atoms with Gasteiger partial charge in [-0.05, 0) is 78.8 Å². The summed E-state index contributed by atoms with van der Waals surface area (Å²) >= 11 is 0. The Bertz CT molecular complexity index is 2070. The minimum atomic E-state index is 0.920. The lowest BCUT2D eigenvalue weighted by Gasteiger charge is -2.17. The van der Waals surface area contributed by atoms with E-state index in [0.717, 1.165) is 21.9 Å². The average molecular weight is 471 g/mol. The minimum absolute atomic E-state index is 0.920. The van der Waals surface area contributed by atoms with Gasteiger partial charge in [0.1, 0.15) is 11.2 Å². The third-order valence-corrected chi connectivity index (χ3v) is 7.62. The highest BCUT2D eigenvalue weighted by Crippen LogP contribution is 2.44. The molecule has 0 bridgehead atoms. The van der Waals surface area contributed by atoms with Gasteiger partial charge in [-0.2, -0.15) is 0 Å². The van der Waals surface area contributed by atoms with Crippen molar-refractivity contribution in [1.29, 1.82) is 0 Å². The quantitative estimate of drug-likeness (QED) is 0.229. The van der Waals surface area contributed by atoms with Crippen molar-refractivity contribution in [3.05, 3.63) is 133 Å². The van der Waals surface area contributed by atoms with E-state index in [1.807, 2.05) is 0 Å². The molecule has 0 amide bonds. The summed E-state index contributed by atoms with van der Waals surface area (Å²) in [6.45, 7) is 0. The molecule has 8 aromatic rings. The second kappa shape index (κ2) is 7.81. The molecule has 0 spiro atoms. The maximum atomic E-state index is 6.44. The van der Waals surface area contributed by atoms with Gasteiger partial charge in [0.15, 0.2) is 0 Å². The summed E-state index contributed by atoms with van der Waals surface area (Å²) in [5, 5.41) is 9.77. The standard InChI is InChI=1S/C36H22O/c1-2-10-23(11-3-1)35-28-14-6-8-16-30(28)36(31-17-9-7-15-29(31)35)26-18-19-27-32-20-24-12-4-5-13-25(24)21-34(32)37-33(27)22-26/h1-22H. The van der Waals surface area contributed by atoms with Crippen molar-refractivity contribution in [3.8, 4) is 22.3 Å². The van der Waals surface area contributed by atoms with Crippen LogP contribution in [0, 0.1) is 0 Å². The van der Waals surface area contributed by atoms with Crippen molar-refractivity contribution < 1.29 is 4.42 Å². The maximum absolute atomic E-state index is 6.44. The fourth-order valence-corrected chi connectivity index (χ4v) is 5.97. The molecule has 1 aromatic heterocycles. The van der Waals surface area contributed by atoms with Gasteiger partial charge in [-0.3, -0.25) is 0 Å². The zero-order valence-corrected chi connectivity index (χ0v) is 20.1. The zero-order chi connectivity index (χ0) is 24.3. The van der Waals surface area contributed by atoms with Gasteiger partial charge < -0.3 is 4.42 Å². The largest absolute Gasteiger partial charge is 0.456 e. The Hall–Kier alpha value is -4.88. The van der Waals surface area contributed by atoms with Crippen molar-refractivity contribution in [3.63, 3.8) is 0 Å². The average Bonchev–Trinajstić information content (AvgIpc) is 3.31. The Morgan fingerprint density at radius 3 is 1.49 bits per heavy atom. The second-order valence-corrected chi connectivity index (χ2v) is 9.72. The molecule has 37 heavy (non-hydrogen) atoms. The second-order valence-electron chi connectivity index (χ2n) is 9.72. The van der Waals surface area contributed by atoms with Gasteiger partial charge in [-0.15, -0.1) is 0 Å². The molecule has 1 heterocycles. The molecule has 1 nitrogen and oxygen atoms in total. The van der Waals surface area contributed by atoms with Crippen LogP contribution in [0.15, 0.2) is 138 Å². The van der Waals surface area contributed by atoms with Crippen LogP contribution in [0.3, 0.4) is 0 Å². The van der Waals surface area contributed by atoms with E-state index in [-0.39, 0.29) is 0 Å². The summed E-state index contributed by atoms with van der Waals surface area (Å²) in [4.78, 5) is 0. The van der Waals surface area contributed by atoms with Gasteiger partial charge in [0, 0.05) is 10.8 Å². The lowest BCUT2D eigenvalue weighted by Crippen LogP contribution is -1.90. The normalized spacial score (nSPS) is 11.8. The summed E-state index contributed by atoms with van der Waals surface area (Å²) in [6, 6.07) is 47.8. The highest BCUT2D eigenvalue weighted by atomic mass is 16.3. The topological polar surface area (TPSA) is 13.1 Å². The molecule has 0 radical (unpaired) electrons. The third kappa shape index (κ3) is 3.04. The Kier molecular flexibility index (Phi) is 4.29. The lowest BCUT2D eigenvalue weighted by atomic mass is 9.86. The van der Waals surface area contributed by atoms with E-state index in [1.165, 1.54) is 54.6 Å². The molecule has 172 valence electrons. The van der Waals surface area contributed by atoms with E-state index in [9.17, 15) is 0 Å². The number of furan rings is 1. The Labute approximate surface area is 214 Å². The molecule has 0 atom stereocenters. The van der Waals surface area contributed by atoms with Crippen LogP contribution in [-0.4, -0.2) is 0 Å². The monoisotopic (exact) mass is 470 g/mol. The van der Waals surface area contributed by atoms with Crippen LogP contribution in [0.5, 0.6) is 0 Å². The first-order valence-electron chi connectivity index (χ1n) is 12.7. The van der Waals surface area contributed by atoms with Gasteiger partial charge in [0.25, 0.3) is 0 Å². The predicted octanol–water partition coefficient (Wildman–Crippen LogP) is 10.4. The van der Waals surface area contributed by atoms with E-state index in [4.69, 9.17) is 4.42 Å². The van der Waals surface area contributed by atoms with E-state index in [1.54, 1.807) is 0 Å². The van der Waals surface area contributed by atoms with Crippen molar-refractivity contribution in [2.24, 2.45) is 0 Å². The molecule has 0 N–H and O–H groups in total. The molecule has 0 saturated heterocycles. The SMILES string of the molecule is c1ccc(-c2c3ccccc3c(-c3ccc4c(c3)oc3cc5ccccc5cc34)c3ccccc23)cc1. The fraction of sp³-hybridized carbons (Fsp3) is 0. The van der Waals surface area contributed by atoms with Crippen LogP contribution < -0.4 is 0 Å². The zero-order valence-electron chi connectivity index (χ0n) is 20.1. The van der Waals surface area contributed by atoms with Crippen LogP contribution >= 0.6 is 0 Å². The molecule has 0 aliphatic carbocycles. The minimum Gasteiger partial charge on any atom is -0.456 e.